The van der Waals surface area contributed by atoms with Crippen LogP contribution in [0.4, 0.5) is 0 Å². The standard InChI is InChI=1S/C10H16BrN3/c1-3-14-10(12-8-13-14)7-9(2)5-4-6-11/h5,8H,3-4,6-7H2,1-2H3. The number of nitrogens with zero attached hydrogens (tertiary/aromatic N) is 3. The van der Waals surface area contributed by atoms with Gasteiger partial charge in [0.15, 0.2) is 0 Å². The summed E-state index contributed by atoms with van der Waals surface area (Å²) >= 11 is 3.41. The zero-order chi connectivity index (χ0) is 10.4. The minimum absolute atomic E-state index is 0.890. The van der Waals surface area contributed by atoms with Crippen LogP contribution in [0.2, 0.25) is 0 Å². The number of rotatable bonds is 5. The van der Waals surface area contributed by atoms with Gasteiger partial charge < -0.3 is 0 Å². The highest BCUT2D eigenvalue weighted by atomic mass is 79.9. The fraction of sp³-hybridized carbons (Fsp3) is 0.600. The number of hydrogen-bond acceptors (Lipinski definition) is 2. The van der Waals surface area contributed by atoms with Crippen molar-refractivity contribution in [1.29, 1.82) is 0 Å². The van der Waals surface area contributed by atoms with Crippen molar-refractivity contribution in [2.45, 2.75) is 33.2 Å². The highest BCUT2D eigenvalue weighted by Gasteiger charge is 2.02. The fourth-order valence-electron chi connectivity index (χ4n) is 1.31. The Bertz CT molecular complexity index is 304. The Balaban J connectivity index is 2.59. The lowest BCUT2D eigenvalue weighted by atomic mass is 10.2. The van der Waals surface area contributed by atoms with Gasteiger partial charge in [-0.15, -0.1) is 0 Å². The zero-order valence-corrected chi connectivity index (χ0v) is 10.3. The van der Waals surface area contributed by atoms with Crippen LogP contribution in [0.15, 0.2) is 18.0 Å². The Hall–Kier alpha value is -0.640. The van der Waals surface area contributed by atoms with E-state index in [1.54, 1.807) is 6.33 Å². The topological polar surface area (TPSA) is 30.7 Å². The van der Waals surface area contributed by atoms with Crippen LogP contribution in [0, 0.1) is 0 Å². The molecule has 0 saturated heterocycles. The van der Waals surface area contributed by atoms with Crippen molar-refractivity contribution in [2.75, 3.05) is 5.33 Å². The third-order valence-corrected chi connectivity index (χ3v) is 2.49. The van der Waals surface area contributed by atoms with Gasteiger partial charge in [-0.3, -0.25) is 4.68 Å². The summed E-state index contributed by atoms with van der Waals surface area (Å²) in [6.45, 7) is 5.11. The van der Waals surface area contributed by atoms with Gasteiger partial charge in [0.2, 0.25) is 0 Å². The molecule has 0 aliphatic heterocycles. The number of aromatic nitrogens is 3. The molecule has 1 rings (SSSR count). The molecule has 4 heteroatoms. The molecule has 1 aromatic heterocycles. The second-order valence-electron chi connectivity index (χ2n) is 3.20. The van der Waals surface area contributed by atoms with Crippen molar-refractivity contribution >= 4 is 15.9 Å². The van der Waals surface area contributed by atoms with Crippen LogP contribution in [0.25, 0.3) is 0 Å². The molecule has 1 aromatic rings. The highest BCUT2D eigenvalue weighted by molar-refractivity contribution is 9.09. The molecule has 0 unspecified atom stereocenters. The van der Waals surface area contributed by atoms with Crippen LogP contribution in [0.1, 0.15) is 26.1 Å². The summed E-state index contributed by atoms with van der Waals surface area (Å²) in [4.78, 5) is 4.23. The van der Waals surface area contributed by atoms with Gasteiger partial charge in [0.1, 0.15) is 12.2 Å². The van der Waals surface area contributed by atoms with Gasteiger partial charge in [-0.2, -0.15) is 5.10 Å². The van der Waals surface area contributed by atoms with Crippen LogP contribution in [0.5, 0.6) is 0 Å². The summed E-state index contributed by atoms with van der Waals surface area (Å²) in [5, 5.41) is 5.16. The third-order valence-electron chi connectivity index (χ3n) is 2.03. The maximum atomic E-state index is 4.23. The molecule has 0 bridgehead atoms. The first-order valence-corrected chi connectivity index (χ1v) is 5.98. The number of allylic oxidation sites excluding steroid dienone is 2. The van der Waals surface area contributed by atoms with E-state index < -0.39 is 0 Å². The molecule has 0 N–H and O–H groups in total. The van der Waals surface area contributed by atoms with E-state index in [1.807, 2.05) is 4.68 Å². The molecular weight excluding hydrogens is 242 g/mol. The molecule has 0 radical (unpaired) electrons. The van der Waals surface area contributed by atoms with Gasteiger partial charge in [-0.05, 0) is 20.3 Å². The molecule has 3 nitrogen and oxygen atoms in total. The molecule has 1 heterocycles. The second kappa shape index (κ2) is 5.96. The SMILES string of the molecule is CCn1ncnc1CC(C)=CCCBr. The quantitative estimate of drug-likeness (QED) is 0.600. The Kier molecular flexibility index (Phi) is 4.87. The Morgan fingerprint density at radius 2 is 2.43 bits per heavy atom. The smallest absolute Gasteiger partial charge is 0.138 e. The molecule has 0 fully saturated rings. The first-order valence-electron chi connectivity index (χ1n) is 4.86. The molecule has 0 aliphatic carbocycles. The number of hydrogen-bond donors (Lipinski definition) is 0. The molecule has 0 spiro atoms. The Labute approximate surface area is 93.4 Å². The molecule has 0 aromatic carbocycles. The van der Waals surface area contributed by atoms with Crippen molar-refractivity contribution in [2.24, 2.45) is 0 Å². The lowest BCUT2D eigenvalue weighted by Gasteiger charge is -2.02. The molecule has 0 aliphatic rings. The largest absolute Gasteiger partial charge is 0.250 e. The maximum absolute atomic E-state index is 4.23. The van der Waals surface area contributed by atoms with Gasteiger partial charge in [0, 0.05) is 18.3 Å². The minimum atomic E-state index is 0.890. The summed E-state index contributed by atoms with van der Waals surface area (Å²) in [5.74, 6) is 1.05. The molecule has 0 atom stereocenters. The average Bonchev–Trinajstić information content (AvgIpc) is 2.62. The lowest BCUT2D eigenvalue weighted by molar-refractivity contribution is 0.623. The Morgan fingerprint density at radius 1 is 1.64 bits per heavy atom. The first-order chi connectivity index (χ1) is 6.77. The Morgan fingerprint density at radius 3 is 3.07 bits per heavy atom. The van der Waals surface area contributed by atoms with Crippen molar-refractivity contribution in [3.8, 4) is 0 Å². The van der Waals surface area contributed by atoms with Gasteiger partial charge in [0.25, 0.3) is 0 Å². The number of halogens is 1. The summed E-state index contributed by atoms with van der Waals surface area (Å²) in [5.41, 5.74) is 1.35. The summed E-state index contributed by atoms with van der Waals surface area (Å²) < 4.78 is 1.94. The zero-order valence-electron chi connectivity index (χ0n) is 8.70. The predicted molar refractivity (Wildman–Crippen MR) is 61.6 cm³/mol. The predicted octanol–water partition coefficient (Wildman–Crippen LogP) is 2.57. The second-order valence-corrected chi connectivity index (χ2v) is 3.99. The highest BCUT2D eigenvalue weighted by Crippen LogP contribution is 2.06. The van der Waals surface area contributed by atoms with Gasteiger partial charge in [0.05, 0.1) is 0 Å². The summed E-state index contributed by atoms with van der Waals surface area (Å²) in [7, 11) is 0. The molecule has 14 heavy (non-hydrogen) atoms. The maximum Gasteiger partial charge on any atom is 0.138 e. The normalized spacial score (nSPS) is 12.1. The van der Waals surface area contributed by atoms with Crippen LogP contribution in [-0.2, 0) is 13.0 Å². The van der Waals surface area contributed by atoms with E-state index in [4.69, 9.17) is 0 Å². The average molecular weight is 258 g/mol. The molecular formula is C10H16BrN3. The van der Waals surface area contributed by atoms with E-state index in [9.17, 15) is 0 Å². The van der Waals surface area contributed by atoms with Crippen molar-refractivity contribution in [3.63, 3.8) is 0 Å². The van der Waals surface area contributed by atoms with E-state index in [1.165, 1.54) is 5.57 Å². The van der Waals surface area contributed by atoms with Crippen molar-refractivity contribution < 1.29 is 0 Å². The van der Waals surface area contributed by atoms with Crippen LogP contribution in [-0.4, -0.2) is 20.1 Å². The molecule has 78 valence electrons. The summed E-state index contributed by atoms with van der Waals surface area (Å²) in [6, 6.07) is 0. The third kappa shape index (κ3) is 3.25. The van der Waals surface area contributed by atoms with Gasteiger partial charge >= 0.3 is 0 Å². The van der Waals surface area contributed by atoms with Crippen LogP contribution >= 0.6 is 15.9 Å². The van der Waals surface area contributed by atoms with E-state index in [-0.39, 0.29) is 0 Å². The fourth-order valence-corrected chi connectivity index (χ4v) is 1.54. The van der Waals surface area contributed by atoms with Crippen LogP contribution in [0.3, 0.4) is 0 Å². The monoisotopic (exact) mass is 257 g/mol. The minimum Gasteiger partial charge on any atom is -0.250 e. The van der Waals surface area contributed by atoms with Gasteiger partial charge in [-0.25, -0.2) is 4.98 Å². The molecule has 0 saturated carbocycles. The van der Waals surface area contributed by atoms with Gasteiger partial charge in [-0.1, -0.05) is 27.6 Å². The number of aryl methyl sites for hydroxylation is 1. The first kappa shape index (κ1) is 11.4. The van der Waals surface area contributed by atoms with Crippen LogP contribution < -0.4 is 0 Å². The van der Waals surface area contributed by atoms with Crippen molar-refractivity contribution in [1.82, 2.24) is 14.8 Å². The van der Waals surface area contributed by atoms with E-state index >= 15 is 0 Å². The van der Waals surface area contributed by atoms with E-state index in [2.05, 4.69) is 45.9 Å². The van der Waals surface area contributed by atoms with E-state index in [0.29, 0.717) is 0 Å². The van der Waals surface area contributed by atoms with E-state index in [0.717, 1.165) is 30.5 Å². The number of alkyl halides is 1. The summed E-state index contributed by atoms with van der Waals surface area (Å²) in [6.07, 6.45) is 5.84. The molecule has 0 amide bonds. The lowest BCUT2D eigenvalue weighted by Crippen LogP contribution is -2.04. The van der Waals surface area contributed by atoms with Crippen molar-refractivity contribution in [3.05, 3.63) is 23.8 Å².